The molecule has 2 aromatic carbocycles. The van der Waals surface area contributed by atoms with E-state index < -0.39 is 23.4 Å². The molecule has 2 rings (SSSR count). The van der Waals surface area contributed by atoms with Crippen molar-refractivity contribution in [3.8, 4) is 11.5 Å². The highest BCUT2D eigenvalue weighted by molar-refractivity contribution is 5.97. The molecule has 9 nitrogen and oxygen atoms in total. The molecule has 31 heavy (non-hydrogen) atoms. The number of nitrogens with zero attached hydrogens (tertiary/aromatic N) is 1. The number of anilines is 1. The average Bonchev–Trinajstić information content (AvgIpc) is 2.73. The summed E-state index contributed by atoms with van der Waals surface area (Å²) in [5.74, 6) is -0.0590. The first-order valence-corrected chi connectivity index (χ1v) is 9.74. The summed E-state index contributed by atoms with van der Waals surface area (Å²) in [6.07, 6.45) is 0.876. The Hall–Kier alpha value is -3.62. The van der Waals surface area contributed by atoms with E-state index >= 15 is 0 Å². The van der Waals surface area contributed by atoms with Crippen molar-refractivity contribution in [1.29, 1.82) is 0 Å². The number of nitro benzene ring substituents is 1. The summed E-state index contributed by atoms with van der Waals surface area (Å²) >= 11 is 0. The second kappa shape index (κ2) is 11.0. The summed E-state index contributed by atoms with van der Waals surface area (Å²) in [6, 6.07) is 8.99. The van der Waals surface area contributed by atoms with Crippen molar-refractivity contribution in [3.05, 3.63) is 57.6 Å². The van der Waals surface area contributed by atoms with Crippen molar-refractivity contribution in [3.63, 3.8) is 0 Å². The lowest BCUT2D eigenvalue weighted by atomic mass is 10.1. The van der Waals surface area contributed by atoms with Crippen LogP contribution in [0.15, 0.2) is 36.4 Å². The number of amides is 1. The van der Waals surface area contributed by atoms with Crippen LogP contribution < -0.4 is 14.8 Å². The van der Waals surface area contributed by atoms with E-state index in [1.54, 1.807) is 19.1 Å². The SMILES string of the molecule is COc1cc(C(=O)OCC(=O)Nc2ccc(C)cc2[N+](=O)[O-])ccc1OCCC(C)C. The fourth-order valence-corrected chi connectivity index (χ4v) is 2.62. The molecule has 0 fully saturated rings. The Morgan fingerprint density at radius 1 is 1.13 bits per heavy atom. The third kappa shape index (κ3) is 6.98. The van der Waals surface area contributed by atoms with Crippen molar-refractivity contribution in [2.45, 2.75) is 27.2 Å². The molecule has 2 aromatic rings. The third-order valence-corrected chi connectivity index (χ3v) is 4.31. The maximum Gasteiger partial charge on any atom is 0.338 e. The van der Waals surface area contributed by atoms with Gasteiger partial charge in [0.2, 0.25) is 0 Å². The van der Waals surface area contributed by atoms with Gasteiger partial charge in [-0.2, -0.15) is 0 Å². The number of methoxy groups -OCH3 is 1. The van der Waals surface area contributed by atoms with Crippen molar-refractivity contribution in [2.24, 2.45) is 5.92 Å². The van der Waals surface area contributed by atoms with Crippen molar-refractivity contribution in [1.82, 2.24) is 0 Å². The van der Waals surface area contributed by atoms with E-state index in [1.807, 2.05) is 0 Å². The lowest BCUT2D eigenvalue weighted by molar-refractivity contribution is -0.384. The summed E-state index contributed by atoms with van der Waals surface area (Å²) in [4.78, 5) is 34.9. The fourth-order valence-electron chi connectivity index (χ4n) is 2.62. The smallest absolute Gasteiger partial charge is 0.338 e. The van der Waals surface area contributed by atoms with Crippen LogP contribution in [0.3, 0.4) is 0 Å². The molecule has 166 valence electrons. The number of ether oxygens (including phenoxy) is 3. The Morgan fingerprint density at radius 3 is 2.52 bits per heavy atom. The predicted molar refractivity (Wildman–Crippen MR) is 115 cm³/mol. The van der Waals surface area contributed by atoms with Gasteiger partial charge in [-0.05, 0) is 49.1 Å². The van der Waals surface area contributed by atoms with E-state index in [4.69, 9.17) is 14.2 Å². The quantitative estimate of drug-likeness (QED) is 0.342. The largest absolute Gasteiger partial charge is 0.493 e. The second-order valence-electron chi connectivity index (χ2n) is 7.30. The molecular formula is C22H26N2O7. The molecule has 1 amide bonds. The number of nitro groups is 1. The van der Waals surface area contributed by atoms with Crippen LogP contribution in [0.25, 0.3) is 0 Å². The first-order valence-electron chi connectivity index (χ1n) is 9.74. The maximum absolute atomic E-state index is 12.3. The first-order chi connectivity index (χ1) is 14.7. The van der Waals surface area contributed by atoms with E-state index in [2.05, 4.69) is 19.2 Å². The lowest BCUT2D eigenvalue weighted by Crippen LogP contribution is -2.21. The average molecular weight is 430 g/mol. The maximum atomic E-state index is 12.3. The third-order valence-electron chi connectivity index (χ3n) is 4.31. The van der Waals surface area contributed by atoms with Gasteiger partial charge >= 0.3 is 5.97 Å². The molecule has 0 saturated carbocycles. The van der Waals surface area contributed by atoms with Gasteiger partial charge in [0, 0.05) is 6.07 Å². The lowest BCUT2D eigenvalue weighted by Gasteiger charge is -2.13. The van der Waals surface area contributed by atoms with Crippen LogP contribution in [0.4, 0.5) is 11.4 Å². The number of hydrogen-bond donors (Lipinski definition) is 1. The Bertz CT molecular complexity index is 957. The van der Waals surface area contributed by atoms with E-state index in [0.717, 1.165) is 6.42 Å². The molecule has 0 heterocycles. The number of benzene rings is 2. The highest BCUT2D eigenvalue weighted by Crippen LogP contribution is 2.29. The molecule has 0 bridgehead atoms. The highest BCUT2D eigenvalue weighted by Gasteiger charge is 2.18. The number of esters is 1. The highest BCUT2D eigenvalue weighted by atomic mass is 16.6. The zero-order valence-electron chi connectivity index (χ0n) is 18.0. The van der Waals surface area contributed by atoms with E-state index in [9.17, 15) is 19.7 Å². The van der Waals surface area contributed by atoms with Crippen LogP contribution >= 0.6 is 0 Å². The molecule has 1 N–H and O–H groups in total. The molecule has 0 aromatic heterocycles. The first kappa shape index (κ1) is 23.7. The van der Waals surface area contributed by atoms with Gasteiger partial charge in [-0.3, -0.25) is 14.9 Å². The summed E-state index contributed by atoms with van der Waals surface area (Å²) in [5.41, 5.74) is 0.655. The van der Waals surface area contributed by atoms with E-state index in [-0.39, 0.29) is 16.9 Å². The monoisotopic (exact) mass is 430 g/mol. The van der Waals surface area contributed by atoms with Gasteiger partial charge in [-0.25, -0.2) is 4.79 Å². The van der Waals surface area contributed by atoms with Crippen LogP contribution in [0.2, 0.25) is 0 Å². The molecule has 0 aliphatic heterocycles. The summed E-state index contributed by atoms with van der Waals surface area (Å²) < 4.78 is 16.0. The van der Waals surface area contributed by atoms with Crippen LogP contribution in [-0.2, 0) is 9.53 Å². The number of aryl methyl sites for hydroxylation is 1. The molecule has 0 aliphatic rings. The van der Waals surface area contributed by atoms with Gasteiger partial charge in [0.05, 0.1) is 24.2 Å². The van der Waals surface area contributed by atoms with Crippen LogP contribution in [-0.4, -0.2) is 37.1 Å². The molecule has 9 heteroatoms. The molecule has 0 unspecified atom stereocenters. The minimum Gasteiger partial charge on any atom is -0.493 e. The predicted octanol–water partition coefficient (Wildman–Crippen LogP) is 4.13. The van der Waals surface area contributed by atoms with Crippen molar-refractivity contribution >= 4 is 23.3 Å². The van der Waals surface area contributed by atoms with Crippen LogP contribution in [0.1, 0.15) is 36.2 Å². The Kier molecular flexibility index (Phi) is 8.36. The molecule has 0 spiro atoms. The molecule has 0 saturated heterocycles. The minimum atomic E-state index is -0.736. The van der Waals surface area contributed by atoms with Gasteiger partial charge in [0.1, 0.15) is 5.69 Å². The molecule has 0 radical (unpaired) electrons. The van der Waals surface area contributed by atoms with Crippen LogP contribution in [0, 0.1) is 23.0 Å². The molecule has 0 atom stereocenters. The Labute approximate surface area is 180 Å². The zero-order chi connectivity index (χ0) is 23.0. The van der Waals surface area contributed by atoms with E-state index in [0.29, 0.717) is 29.6 Å². The second-order valence-corrected chi connectivity index (χ2v) is 7.30. The zero-order valence-corrected chi connectivity index (χ0v) is 18.0. The van der Waals surface area contributed by atoms with Gasteiger partial charge in [0.15, 0.2) is 18.1 Å². The van der Waals surface area contributed by atoms with Crippen molar-refractivity contribution < 1.29 is 28.7 Å². The van der Waals surface area contributed by atoms with Gasteiger partial charge in [0.25, 0.3) is 11.6 Å². The summed E-state index contributed by atoms with van der Waals surface area (Å²) in [5, 5.41) is 13.5. The minimum absolute atomic E-state index is 0.0289. The van der Waals surface area contributed by atoms with Crippen molar-refractivity contribution in [2.75, 3.05) is 25.6 Å². The topological polar surface area (TPSA) is 117 Å². The number of rotatable bonds is 10. The standard InChI is InChI=1S/C22H26N2O7/c1-14(2)9-10-30-19-8-6-16(12-20(19)29-4)22(26)31-13-21(25)23-17-7-5-15(3)11-18(17)24(27)28/h5-8,11-12,14H,9-10,13H2,1-4H3,(H,23,25). The number of nitrogens with one attached hydrogen (secondary N) is 1. The number of carbonyl (C=O) groups is 2. The number of hydrogen-bond acceptors (Lipinski definition) is 7. The fraction of sp³-hybridized carbons (Fsp3) is 0.364. The number of carbonyl (C=O) groups excluding carboxylic acids is 2. The molecular weight excluding hydrogens is 404 g/mol. The van der Waals surface area contributed by atoms with Gasteiger partial charge in [-0.1, -0.05) is 19.9 Å². The van der Waals surface area contributed by atoms with E-state index in [1.165, 1.54) is 31.4 Å². The summed E-state index contributed by atoms with van der Waals surface area (Å²) in [7, 11) is 1.46. The normalized spacial score (nSPS) is 10.5. The summed E-state index contributed by atoms with van der Waals surface area (Å²) in [6.45, 7) is 5.80. The van der Waals surface area contributed by atoms with Crippen LogP contribution in [0.5, 0.6) is 11.5 Å². The van der Waals surface area contributed by atoms with Gasteiger partial charge in [-0.15, -0.1) is 0 Å². The molecule has 0 aliphatic carbocycles. The Balaban J connectivity index is 1.98. The Morgan fingerprint density at radius 2 is 1.87 bits per heavy atom. The van der Waals surface area contributed by atoms with Gasteiger partial charge < -0.3 is 19.5 Å².